The fourth-order valence-electron chi connectivity index (χ4n) is 6.14. The second-order valence-electron chi connectivity index (χ2n) is 8.89. The number of aliphatic hydroxyl groups is 2. The molecule has 0 aromatic heterocycles. The summed E-state index contributed by atoms with van der Waals surface area (Å²) >= 11 is 0. The largest absolute Gasteiger partial charge is 0.390 e. The summed E-state index contributed by atoms with van der Waals surface area (Å²) < 4.78 is 0. The number of hydrogen-bond acceptors (Lipinski definition) is 2. The summed E-state index contributed by atoms with van der Waals surface area (Å²) in [5.41, 5.74) is -1.03. The molecule has 0 aromatic carbocycles. The van der Waals surface area contributed by atoms with Crippen LogP contribution < -0.4 is 0 Å². The van der Waals surface area contributed by atoms with Crippen LogP contribution in [0.2, 0.25) is 0 Å². The zero-order valence-corrected chi connectivity index (χ0v) is 14.5. The van der Waals surface area contributed by atoms with Gasteiger partial charge in [-0.3, -0.25) is 0 Å². The van der Waals surface area contributed by atoms with Crippen LogP contribution in [0.15, 0.2) is 0 Å². The zero-order chi connectivity index (χ0) is 15.6. The summed E-state index contributed by atoms with van der Waals surface area (Å²) in [5, 5.41) is 21.3. The van der Waals surface area contributed by atoms with Crippen molar-refractivity contribution in [3.05, 3.63) is 0 Å². The molecule has 22 heavy (non-hydrogen) atoms. The maximum absolute atomic E-state index is 10.6. The summed E-state index contributed by atoms with van der Waals surface area (Å²) in [6, 6.07) is 0. The van der Waals surface area contributed by atoms with Gasteiger partial charge in [0.15, 0.2) is 0 Å². The van der Waals surface area contributed by atoms with Crippen LogP contribution >= 0.6 is 0 Å². The van der Waals surface area contributed by atoms with E-state index in [1.165, 1.54) is 57.8 Å². The Morgan fingerprint density at radius 3 is 1.68 bits per heavy atom. The average molecular weight is 309 g/mol. The van der Waals surface area contributed by atoms with Gasteiger partial charge in [-0.15, -0.1) is 0 Å². The normalized spacial score (nSPS) is 43.0. The Morgan fingerprint density at radius 2 is 1.18 bits per heavy atom. The van der Waals surface area contributed by atoms with Crippen molar-refractivity contribution < 1.29 is 10.2 Å². The lowest BCUT2D eigenvalue weighted by Crippen LogP contribution is -2.62. The first kappa shape index (κ1) is 16.8. The molecule has 4 rings (SSSR count). The lowest BCUT2D eigenvalue weighted by Gasteiger charge is -2.61. The van der Waals surface area contributed by atoms with Crippen molar-refractivity contribution >= 4 is 0 Å². The minimum absolute atomic E-state index is 0.517. The molecule has 0 spiro atoms. The molecule has 0 amide bonds. The molecule has 4 saturated carbocycles. The molecule has 0 heterocycles. The first-order valence-electron chi connectivity index (χ1n) is 9.98. The molecular formula is C20H36O2. The van der Waals surface area contributed by atoms with E-state index in [4.69, 9.17) is 0 Å². The van der Waals surface area contributed by atoms with Gasteiger partial charge >= 0.3 is 0 Å². The highest BCUT2D eigenvalue weighted by Gasteiger charge is 2.59. The molecule has 0 radical (unpaired) electrons. The quantitative estimate of drug-likeness (QED) is 0.600. The topological polar surface area (TPSA) is 40.5 Å². The molecule has 0 saturated heterocycles. The fraction of sp³-hybridized carbons (Fsp3) is 1.00. The van der Waals surface area contributed by atoms with Gasteiger partial charge in [0.25, 0.3) is 0 Å². The van der Waals surface area contributed by atoms with Crippen LogP contribution in [0.25, 0.3) is 0 Å². The van der Waals surface area contributed by atoms with E-state index in [2.05, 4.69) is 6.92 Å². The predicted molar refractivity (Wildman–Crippen MR) is 90.7 cm³/mol. The molecular weight excluding hydrogens is 272 g/mol. The third-order valence-electron chi connectivity index (χ3n) is 6.83. The van der Waals surface area contributed by atoms with Gasteiger partial charge in [-0.2, -0.15) is 0 Å². The molecule has 2 heteroatoms. The van der Waals surface area contributed by atoms with Gasteiger partial charge in [0.1, 0.15) is 0 Å². The Hall–Kier alpha value is -0.0800. The monoisotopic (exact) mass is 308 g/mol. The van der Waals surface area contributed by atoms with Crippen molar-refractivity contribution in [3.63, 3.8) is 0 Å². The Morgan fingerprint density at radius 1 is 0.727 bits per heavy atom. The Kier molecular flexibility index (Phi) is 5.19. The average Bonchev–Trinajstić information content (AvgIpc) is 2.41. The maximum Gasteiger partial charge on any atom is 0.0680 e. The second kappa shape index (κ2) is 6.81. The second-order valence-corrected chi connectivity index (χ2v) is 8.89. The van der Waals surface area contributed by atoms with E-state index >= 15 is 0 Å². The van der Waals surface area contributed by atoms with Crippen molar-refractivity contribution in [2.45, 2.75) is 108 Å². The van der Waals surface area contributed by atoms with E-state index in [-0.39, 0.29) is 0 Å². The number of unbranched alkanes of at least 4 members (excludes halogenated alkanes) is 7. The summed E-state index contributed by atoms with van der Waals surface area (Å²) in [5.74, 6) is 1.99. The summed E-state index contributed by atoms with van der Waals surface area (Å²) in [4.78, 5) is 0. The smallest absolute Gasteiger partial charge is 0.0680 e. The highest BCUT2D eigenvalue weighted by Crippen LogP contribution is 2.60. The van der Waals surface area contributed by atoms with Crippen molar-refractivity contribution in [1.29, 1.82) is 0 Å². The van der Waals surface area contributed by atoms with Gasteiger partial charge in [0.2, 0.25) is 0 Å². The van der Waals surface area contributed by atoms with E-state index in [1.54, 1.807) is 0 Å². The summed E-state index contributed by atoms with van der Waals surface area (Å²) in [6.45, 7) is 2.28. The standard InChI is InChI=1S/C20H36O2/c1-2-3-4-5-6-7-8-9-10-18-16-11-19(21)13-17(18)14-20(22,12-16)15-19/h16-18,21-22H,2-15H2,1H3. The van der Waals surface area contributed by atoms with Gasteiger partial charge in [0.05, 0.1) is 11.2 Å². The van der Waals surface area contributed by atoms with Crippen LogP contribution in [0.3, 0.4) is 0 Å². The number of hydrogen-bond donors (Lipinski definition) is 2. The van der Waals surface area contributed by atoms with Crippen molar-refractivity contribution in [1.82, 2.24) is 0 Å². The predicted octanol–water partition coefficient (Wildman–Crippen LogP) is 4.82. The first-order chi connectivity index (χ1) is 10.5. The van der Waals surface area contributed by atoms with Crippen LogP contribution in [0, 0.1) is 17.8 Å². The molecule has 4 bridgehead atoms. The van der Waals surface area contributed by atoms with Gasteiger partial charge < -0.3 is 10.2 Å². The first-order valence-corrected chi connectivity index (χ1v) is 9.98. The molecule has 0 unspecified atom stereocenters. The van der Waals surface area contributed by atoms with Crippen LogP contribution in [0.1, 0.15) is 96.8 Å². The van der Waals surface area contributed by atoms with Gasteiger partial charge in [-0.25, -0.2) is 0 Å². The molecule has 4 fully saturated rings. The van der Waals surface area contributed by atoms with E-state index in [0.717, 1.165) is 31.6 Å². The lowest BCUT2D eigenvalue weighted by atomic mass is 9.48. The zero-order valence-electron chi connectivity index (χ0n) is 14.5. The van der Waals surface area contributed by atoms with Crippen molar-refractivity contribution in [2.75, 3.05) is 0 Å². The SMILES string of the molecule is CCCCCCCCCCC1C2CC3(O)CC1CC(O)(C2)C3. The third kappa shape index (κ3) is 3.70. The summed E-state index contributed by atoms with van der Waals surface area (Å²) in [6.07, 6.45) is 17.0. The van der Waals surface area contributed by atoms with E-state index in [9.17, 15) is 10.2 Å². The molecule has 0 aromatic rings. The third-order valence-corrected chi connectivity index (χ3v) is 6.83. The van der Waals surface area contributed by atoms with E-state index in [0.29, 0.717) is 18.3 Å². The van der Waals surface area contributed by atoms with E-state index in [1.807, 2.05) is 0 Å². The minimum Gasteiger partial charge on any atom is -0.390 e. The Labute approximate surface area is 136 Å². The highest BCUT2D eigenvalue weighted by molar-refractivity contribution is 5.11. The van der Waals surface area contributed by atoms with Crippen LogP contribution in [-0.2, 0) is 0 Å². The molecule has 4 aliphatic rings. The van der Waals surface area contributed by atoms with Gasteiger partial charge in [0, 0.05) is 6.42 Å². The Bertz CT molecular complexity index is 329. The summed E-state index contributed by atoms with van der Waals surface area (Å²) in [7, 11) is 0. The molecule has 2 nitrogen and oxygen atoms in total. The highest BCUT2D eigenvalue weighted by atomic mass is 16.3. The maximum atomic E-state index is 10.6. The molecule has 0 aliphatic heterocycles. The molecule has 128 valence electrons. The van der Waals surface area contributed by atoms with Gasteiger partial charge in [-0.1, -0.05) is 58.3 Å². The van der Waals surface area contributed by atoms with Crippen LogP contribution in [0.4, 0.5) is 0 Å². The van der Waals surface area contributed by atoms with Crippen LogP contribution in [0.5, 0.6) is 0 Å². The molecule has 0 atom stereocenters. The molecule has 2 N–H and O–H groups in total. The number of rotatable bonds is 9. The fourth-order valence-corrected chi connectivity index (χ4v) is 6.14. The Balaban J connectivity index is 1.36. The minimum atomic E-state index is -0.517. The van der Waals surface area contributed by atoms with Crippen LogP contribution in [-0.4, -0.2) is 21.4 Å². The van der Waals surface area contributed by atoms with Crippen molar-refractivity contribution in [2.24, 2.45) is 17.8 Å². The van der Waals surface area contributed by atoms with Crippen molar-refractivity contribution in [3.8, 4) is 0 Å². The molecule has 4 aliphatic carbocycles. The van der Waals surface area contributed by atoms with E-state index < -0.39 is 11.2 Å². The van der Waals surface area contributed by atoms with Gasteiger partial charge in [-0.05, 0) is 49.9 Å². The lowest BCUT2D eigenvalue weighted by molar-refractivity contribution is -0.220.